The number of nitrogens with one attached hydrogen (secondary N) is 2. The molecule has 0 unspecified atom stereocenters. The van der Waals surface area contributed by atoms with E-state index in [1.807, 2.05) is 0 Å². The quantitative estimate of drug-likeness (QED) is 0.756. The third-order valence-corrected chi connectivity index (χ3v) is 4.25. The summed E-state index contributed by atoms with van der Waals surface area (Å²) in [7, 11) is 0. The Morgan fingerprint density at radius 1 is 0.926 bits per heavy atom. The number of carboxylic acids is 1. The SMILES string of the molecule is O=C(O)CNC(=O)C1(NC(=O)C(F)(F)F)c2ccccc2-c2ccccc21. The zero-order valence-corrected chi connectivity index (χ0v) is 13.6. The van der Waals surface area contributed by atoms with Gasteiger partial charge in [0.05, 0.1) is 0 Å². The van der Waals surface area contributed by atoms with Crippen molar-refractivity contribution in [3.05, 3.63) is 59.7 Å². The zero-order chi connectivity index (χ0) is 19.8. The zero-order valence-electron chi connectivity index (χ0n) is 13.6. The van der Waals surface area contributed by atoms with E-state index in [2.05, 4.69) is 5.32 Å². The lowest BCUT2D eigenvalue weighted by molar-refractivity contribution is -0.176. The van der Waals surface area contributed by atoms with E-state index in [1.165, 1.54) is 24.3 Å². The molecule has 3 rings (SSSR count). The first-order chi connectivity index (χ1) is 12.7. The molecule has 2 amide bonds. The summed E-state index contributed by atoms with van der Waals surface area (Å²) in [6, 6.07) is 12.4. The average molecular weight is 378 g/mol. The van der Waals surface area contributed by atoms with Gasteiger partial charge in [-0.15, -0.1) is 0 Å². The van der Waals surface area contributed by atoms with Crippen LogP contribution in [-0.4, -0.2) is 35.6 Å². The fourth-order valence-corrected chi connectivity index (χ4v) is 3.20. The lowest BCUT2D eigenvalue weighted by Gasteiger charge is -2.31. The first-order valence-electron chi connectivity index (χ1n) is 7.76. The Balaban J connectivity index is 2.22. The summed E-state index contributed by atoms with van der Waals surface area (Å²) in [5.74, 6) is -4.75. The van der Waals surface area contributed by atoms with Crippen LogP contribution in [0.4, 0.5) is 13.2 Å². The lowest BCUT2D eigenvalue weighted by atomic mass is 9.86. The minimum Gasteiger partial charge on any atom is -0.480 e. The van der Waals surface area contributed by atoms with Crippen LogP contribution in [0.15, 0.2) is 48.5 Å². The number of amides is 2. The third kappa shape index (κ3) is 3.01. The molecule has 2 aromatic rings. The minimum absolute atomic E-state index is 0.131. The summed E-state index contributed by atoms with van der Waals surface area (Å²) in [6.07, 6.45) is -5.23. The van der Waals surface area contributed by atoms with Gasteiger partial charge in [-0.2, -0.15) is 13.2 Å². The molecule has 0 fully saturated rings. The molecule has 1 aliphatic carbocycles. The number of rotatable bonds is 4. The molecule has 27 heavy (non-hydrogen) atoms. The summed E-state index contributed by atoms with van der Waals surface area (Å²) in [5.41, 5.74) is -0.990. The van der Waals surface area contributed by atoms with E-state index >= 15 is 0 Å². The number of benzene rings is 2. The highest BCUT2D eigenvalue weighted by atomic mass is 19.4. The molecule has 1 aliphatic rings. The van der Waals surface area contributed by atoms with E-state index in [4.69, 9.17) is 5.11 Å². The van der Waals surface area contributed by atoms with Crippen LogP contribution in [0.25, 0.3) is 11.1 Å². The number of aliphatic carboxylic acids is 1. The molecule has 0 aromatic heterocycles. The number of hydrogen-bond acceptors (Lipinski definition) is 3. The van der Waals surface area contributed by atoms with Crippen LogP contribution in [0.5, 0.6) is 0 Å². The Kier molecular flexibility index (Phi) is 4.38. The van der Waals surface area contributed by atoms with Crippen LogP contribution < -0.4 is 10.6 Å². The maximum absolute atomic E-state index is 13.0. The summed E-state index contributed by atoms with van der Waals surface area (Å²) in [4.78, 5) is 35.5. The third-order valence-electron chi connectivity index (χ3n) is 4.25. The number of carboxylic acid groups (broad SMARTS) is 1. The van der Waals surface area contributed by atoms with Gasteiger partial charge in [-0.3, -0.25) is 14.4 Å². The first kappa shape index (κ1) is 18.4. The molecule has 6 nitrogen and oxygen atoms in total. The fourth-order valence-electron chi connectivity index (χ4n) is 3.20. The standard InChI is InChI=1S/C18H13F3N2O4/c19-18(20,21)16(27)23-17(15(26)22-9-14(24)25)12-7-3-1-5-10(12)11-6-2-4-8-13(11)17/h1-8H,9H2,(H,22,26)(H,23,27)(H,24,25). The molecule has 0 saturated carbocycles. The summed E-state index contributed by atoms with van der Waals surface area (Å²) >= 11 is 0. The van der Waals surface area contributed by atoms with Crippen molar-refractivity contribution < 1.29 is 32.7 Å². The predicted molar refractivity (Wildman–Crippen MR) is 87.5 cm³/mol. The highest BCUT2D eigenvalue weighted by molar-refractivity contribution is 6.04. The molecule has 0 atom stereocenters. The Morgan fingerprint density at radius 3 is 1.85 bits per heavy atom. The van der Waals surface area contributed by atoms with Gasteiger partial charge in [-0.25, -0.2) is 0 Å². The van der Waals surface area contributed by atoms with E-state index in [9.17, 15) is 27.6 Å². The average Bonchev–Trinajstić information content (AvgIpc) is 2.90. The van der Waals surface area contributed by atoms with Gasteiger partial charge in [0.2, 0.25) is 0 Å². The van der Waals surface area contributed by atoms with Crippen LogP contribution in [-0.2, 0) is 19.9 Å². The summed E-state index contributed by atoms with van der Waals surface area (Å²) in [5, 5.41) is 12.7. The van der Waals surface area contributed by atoms with Crippen molar-refractivity contribution in [2.24, 2.45) is 0 Å². The molecular weight excluding hydrogens is 365 g/mol. The van der Waals surface area contributed by atoms with Crippen LogP contribution in [0.2, 0.25) is 0 Å². The lowest BCUT2D eigenvalue weighted by Crippen LogP contribution is -2.59. The van der Waals surface area contributed by atoms with Gasteiger partial charge in [-0.1, -0.05) is 48.5 Å². The maximum atomic E-state index is 13.0. The summed E-state index contributed by atoms with van der Waals surface area (Å²) in [6.45, 7) is -0.813. The van der Waals surface area contributed by atoms with Gasteiger partial charge in [0.15, 0.2) is 5.54 Å². The fraction of sp³-hybridized carbons (Fsp3) is 0.167. The summed E-state index contributed by atoms with van der Waals surface area (Å²) < 4.78 is 38.9. The number of carbonyl (C=O) groups excluding carboxylic acids is 2. The first-order valence-corrected chi connectivity index (χ1v) is 7.76. The highest BCUT2D eigenvalue weighted by Crippen LogP contribution is 2.47. The van der Waals surface area contributed by atoms with Gasteiger partial charge >= 0.3 is 18.1 Å². The molecule has 0 radical (unpaired) electrons. The number of carbonyl (C=O) groups is 3. The van der Waals surface area contributed by atoms with Gasteiger partial charge < -0.3 is 15.7 Å². The second-order valence-electron chi connectivity index (χ2n) is 5.87. The van der Waals surface area contributed by atoms with Gasteiger partial charge in [-0.05, 0) is 22.3 Å². The smallest absolute Gasteiger partial charge is 0.471 e. The number of hydrogen-bond donors (Lipinski definition) is 3. The molecule has 0 aliphatic heterocycles. The van der Waals surface area contributed by atoms with Crippen molar-refractivity contribution in [1.82, 2.24) is 10.6 Å². The van der Waals surface area contributed by atoms with Crippen molar-refractivity contribution in [1.29, 1.82) is 0 Å². The Morgan fingerprint density at radius 2 is 1.41 bits per heavy atom. The van der Waals surface area contributed by atoms with Crippen LogP contribution >= 0.6 is 0 Å². The normalized spacial score (nSPS) is 14.0. The second-order valence-corrected chi connectivity index (χ2v) is 5.87. The van der Waals surface area contributed by atoms with E-state index in [1.54, 1.807) is 29.6 Å². The van der Waals surface area contributed by atoms with Crippen LogP contribution in [0.1, 0.15) is 11.1 Å². The molecule has 0 spiro atoms. The van der Waals surface area contributed by atoms with Crippen molar-refractivity contribution in [3.63, 3.8) is 0 Å². The van der Waals surface area contributed by atoms with E-state index < -0.39 is 36.0 Å². The van der Waals surface area contributed by atoms with Crippen LogP contribution in [0, 0.1) is 0 Å². The largest absolute Gasteiger partial charge is 0.480 e. The molecule has 0 bridgehead atoms. The number of halogens is 3. The Hall–Kier alpha value is -3.36. The maximum Gasteiger partial charge on any atom is 0.471 e. The van der Waals surface area contributed by atoms with E-state index in [-0.39, 0.29) is 11.1 Å². The molecule has 140 valence electrons. The second kappa shape index (κ2) is 6.42. The van der Waals surface area contributed by atoms with Gasteiger partial charge in [0.1, 0.15) is 6.54 Å². The Labute approximate surface area is 151 Å². The number of alkyl halides is 3. The molecule has 0 heterocycles. The van der Waals surface area contributed by atoms with Gasteiger partial charge in [0, 0.05) is 0 Å². The van der Waals surface area contributed by atoms with Crippen molar-refractivity contribution in [2.75, 3.05) is 6.54 Å². The molecule has 2 aromatic carbocycles. The van der Waals surface area contributed by atoms with Crippen LogP contribution in [0.3, 0.4) is 0 Å². The highest BCUT2D eigenvalue weighted by Gasteiger charge is 2.54. The van der Waals surface area contributed by atoms with Crippen molar-refractivity contribution in [3.8, 4) is 11.1 Å². The predicted octanol–water partition coefficient (Wildman–Crippen LogP) is 1.79. The van der Waals surface area contributed by atoms with Crippen molar-refractivity contribution >= 4 is 17.8 Å². The number of fused-ring (bicyclic) bond motifs is 3. The topological polar surface area (TPSA) is 95.5 Å². The van der Waals surface area contributed by atoms with E-state index in [0.29, 0.717) is 11.1 Å². The van der Waals surface area contributed by atoms with Crippen molar-refractivity contribution in [2.45, 2.75) is 11.7 Å². The monoisotopic (exact) mass is 378 g/mol. The van der Waals surface area contributed by atoms with Gasteiger partial charge in [0.25, 0.3) is 5.91 Å². The Bertz CT molecular complexity index is 895. The molecule has 0 saturated heterocycles. The molecule has 9 heteroatoms. The molecular formula is C18H13F3N2O4. The molecule has 3 N–H and O–H groups in total. The minimum atomic E-state index is -5.23. The van der Waals surface area contributed by atoms with E-state index in [0.717, 1.165) is 0 Å².